The molecule has 164 valence electrons. The summed E-state index contributed by atoms with van der Waals surface area (Å²) in [5.41, 5.74) is 4.33. The van der Waals surface area contributed by atoms with Crippen molar-refractivity contribution in [3.05, 3.63) is 59.2 Å². The van der Waals surface area contributed by atoms with E-state index in [1.165, 1.54) is 37.4 Å². The molecule has 1 unspecified atom stereocenters. The van der Waals surface area contributed by atoms with E-state index in [4.69, 9.17) is 0 Å². The van der Waals surface area contributed by atoms with Crippen LogP contribution >= 0.6 is 0 Å². The van der Waals surface area contributed by atoms with Crippen LogP contribution in [0.1, 0.15) is 29.5 Å². The van der Waals surface area contributed by atoms with E-state index in [1.807, 2.05) is 6.07 Å². The molecule has 1 aliphatic carbocycles. The van der Waals surface area contributed by atoms with Crippen LogP contribution in [0.25, 0.3) is 0 Å². The van der Waals surface area contributed by atoms with Crippen molar-refractivity contribution in [1.29, 1.82) is 0 Å². The van der Waals surface area contributed by atoms with Gasteiger partial charge in [-0.25, -0.2) is 12.7 Å². The molecule has 1 N–H and O–H groups in total. The molecule has 7 nitrogen and oxygen atoms in total. The van der Waals surface area contributed by atoms with Gasteiger partial charge in [0.25, 0.3) is 0 Å². The van der Waals surface area contributed by atoms with Crippen LogP contribution in [0.5, 0.6) is 0 Å². The molecule has 0 spiro atoms. The monoisotopic (exact) mass is 441 g/mol. The molecule has 0 bridgehead atoms. The lowest BCUT2D eigenvalue weighted by Crippen LogP contribution is -2.32. The average molecular weight is 442 g/mol. The smallest absolute Gasteiger partial charge is 0.242 e. The maximum absolute atomic E-state index is 12.7. The molecule has 1 atom stereocenters. The van der Waals surface area contributed by atoms with Gasteiger partial charge in [-0.1, -0.05) is 18.2 Å². The number of carbonyl (C=O) groups is 2. The van der Waals surface area contributed by atoms with Crippen molar-refractivity contribution in [1.82, 2.24) is 9.62 Å². The lowest BCUT2D eigenvalue weighted by atomic mass is 10.1. The van der Waals surface area contributed by atoms with Crippen molar-refractivity contribution >= 4 is 27.5 Å². The third-order valence-corrected chi connectivity index (χ3v) is 7.89. The van der Waals surface area contributed by atoms with Crippen molar-refractivity contribution in [2.75, 3.05) is 25.5 Å². The van der Waals surface area contributed by atoms with Gasteiger partial charge in [-0.05, 0) is 60.2 Å². The lowest BCUT2D eigenvalue weighted by Gasteiger charge is -2.18. The average Bonchev–Trinajstić information content (AvgIpc) is 3.38. The minimum atomic E-state index is -3.48. The van der Waals surface area contributed by atoms with Crippen LogP contribution in [0, 0.1) is 5.92 Å². The standard InChI is InChI=1S/C23H27N3O4S/c1-25(2)31(29,30)21-10-6-16(7-11-21)14-24-23(28)19-13-22(27)26(15-19)20-9-8-17-4-3-5-18(17)12-20/h6-12,19H,3-5,13-15H2,1-2H3,(H,24,28). The van der Waals surface area contributed by atoms with Gasteiger partial charge in [0.15, 0.2) is 0 Å². The Morgan fingerprint density at radius 1 is 1.10 bits per heavy atom. The highest BCUT2D eigenvalue weighted by Crippen LogP contribution is 2.30. The first kappa shape index (κ1) is 21.5. The summed E-state index contributed by atoms with van der Waals surface area (Å²) in [5.74, 6) is -0.590. The number of anilines is 1. The van der Waals surface area contributed by atoms with Gasteiger partial charge in [0.1, 0.15) is 0 Å². The zero-order valence-corrected chi connectivity index (χ0v) is 18.6. The first-order chi connectivity index (χ1) is 14.8. The lowest BCUT2D eigenvalue weighted by molar-refractivity contribution is -0.126. The second-order valence-electron chi connectivity index (χ2n) is 8.36. The fourth-order valence-electron chi connectivity index (χ4n) is 4.18. The molecule has 1 saturated heterocycles. The van der Waals surface area contributed by atoms with E-state index in [2.05, 4.69) is 17.4 Å². The fraction of sp³-hybridized carbons (Fsp3) is 0.391. The summed E-state index contributed by atoms with van der Waals surface area (Å²) in [5, 5.41) is 2.88. The number of sulfonamides is 1. The van der Waals surface area contributed by atoms with Crippen LogP contribution < -0.4 is 10.2 Å². The van der Waals surface area contributed by atoms with E-state index in [-0.39, 0.29) is 29.7 Å². The largest absolute Gasteiger partial charge is 0.352 e. The number of benzene rings is 2. The minimum Gasteiger partial charge on any atom is -0.352 e. The fourth-order valence-corrected chi connectivity index (χ4v) is 5.08. The van der Waals surface area contributed by atoms with Gasteiger partial charge in [0.05, 0.1) is 10.8 Å². The normalized spacial score (nSPS) is 18.5. The zero-order valence-electron chi connectivity index (χ0n) is 17.8. The van der Waals surface area contributed by atoms with E-state index < -0.39 is 15.9 Å². The predicted molar refractivity (Wildman–Crippen MR) is 118 cm³/mol. The molecule has 0 aromatic heterocycles. The molecule has 1 heterocycles. The Morgan fingerprint density at radius 2 is 1.81 bits per heavy atom. The number of rotatable bonds is 6. The maximum Gasteiger partial charge on any atom is 0.242 e. The van der Waals surface area contributed by atoms with Gasteiger partial charge in [-0.3, -0.25) is 9.59 Å². The molecule has 4 rings (SSSR count). The molecular formula is C23H27N3O4S. The van der Waals surface area contributed by atoms with Crippen LogP contribution in [0.4, 0.5) is 5.69 Å². The predicted octanol–water partition coefficient (Wildman–Crippen LogP) is 2.09. The second kappa shape index (κ2) is 8.43. The minimum absolute atomic E-state index is 0.0312. The Labute approximate surface area is 183 Å². The molecule has 1 fully saturated rings. The van der Waals surface area contributed by atoms with Crippen molar-refractivity contribution in [3.63, 3.8) is 0 Å². The highest BCUT2D eigenvalue weighted by Gasteiger charge is 2.35. The molecule has 0 saturated carbocycles. The van der Waals surface area contributed by atoms with Crippen molar-refractivity contribution < 1.29 is 18.0 Å². The molecule has 2 aliphatic rings. The Kier molecular flexibility index (Phi) is 5.85. The second-order valence-corrected chi connectivity index (χ2v) is 10.5. The first-order valence-electron chi connectivity index (χ1n) is 10.5. The molecule has 0 radical (unpaired) electrons. The first-order valence-corrected chi connectivity index (χ1v) is 11.9. The summed E-state index contributed by atoms with van der Waals surface area (Å²) in [6.07, 6.45) is 3.49. The third-order valence-electron chi connectivity index (χ3n) is 6.06. The molecule has 1 aliphatic heterocycles. The molecule has 2 aromatic carbocycles. The number of aryl methyl sites for hydroxylation is 2. The Morgan fingerprint density at radius 3 is 2.52 bits per heavy atom. The number of hydrogen-bond acceptors (Lipinski definition) is 4. The molecular weight excluding hydrogens is 414 g/mol. The summed E-state index contributed by atoms with van der Waals surface area (Å²) >= 11 is 0. The van der Waals surface area contributed by atoms with E-state index in [1.54, 1.807) is 17.0 Å². The van der Waals surface area contributed by atoms with E-state index in [0.29, 0.717) is 6.54 Å². The van der Waals surface area contributed by atoms with Gasteiger partial charge < -0.3 is 10.2 Å². The van der Waals surface area contributed by atoms with E-state index >= 15 is 0 Å². The van der Waals surface area contributed by atoms with Gasteiger partial charge >= 0.3 is 0 Å². The van der Waals surface area contributed by atoms with Crippen LogP contribution in [-0.2, 0) is 39.0 Å². The Bertz CT molecular complexity index is 1110. The maximum atomic E-state index is 12.7. The highest BCUT2D eigenvalue weighted by atomic mass is 32.2. The number of carbonyl (C=O) groups excluding carboxylic acids is 2. The summed E-state index contributed by atoms with van der Waals surface area (Å²) in [6.45, 7) is 0.661. The molecule has 2 amide bonds. The van der Waals surface area contributed by atoms with Crippen LogP contribution in [0.3, 0.4) is 0 Å². The Hall–Kier alpha value is -2.71. The van der Waals surface area contributed by atoms with E-state index in [9.17, 15) is 18.0 Å². The van der Waals surface area contributed by atoms with Crippen LogP contribution in [0.15, 0.2) is 47.4 Å². The van der Waals surface area contributed by atoms with Gasteiger partial charge in [0, 0.05) is 39.3 Å². The van der Waals surface area contributed by atoms with Crippen LogP contribution in [-0.4, -0.2) is 45.2 Å². The topological polar surface area (TPSA) is 86.8 Å². The van der Waals surface area contributed by atoms with Gasteiger partial charge in [-0.15, -0.1) is 0 Å². The van der Waals surface area contributed by atoms with Crippen molar-refractivity contribution in [2.45, 2.75) is 37.1 Å². The molecule has 31 heavy (non-hydrogen) atoms. The molecule has 2 aromatic rings. The van der Waals surface area contributed by atoms with Gasteiger partial charge in [0.2, 0.25) is 21.8 Å². The summed E-state index contributed by atoms with van der Waals surface area (Å²) < 4.78 is 25.4. The Balaban J connectivity index is 1.36. The quantitative estimate of drug-likeness (QED) is 0.744. The number of nitrogens with one attached hydrogen (secondary N) is 1. The number of nitrogens with zero attached hydrogens (tertiary/aromatic N) is 2. The zero-order chi connectivity index (χ0) is 22.2. The number of amides is 2. The highest BCUT2D eigenvalue weighted by molar-refractivity contribution is 7.89. The van der Waals surface area contributed by atoms with E-state index in [0.717, 1.165) is 34.8 Å². The van der Waals surface area contributed by atoms with Crippen molar-refractivity contribution in [3.8, 4) is 0 Å². The SMILES string of the molecule is CN(C)S(=O)(=O)c1ccc(CNC(=O)C2CC(=O)N(c3ccc4c(c3)CCC4)C2)cc1. The number of fused-ring (bicyclic) bond motifs is 1. The van der Waals surface area contributed by atoms with Gasteiger partial charge in [-0.2, -0.15) is 0 Å². The van der Waals surface area contributed by atoms with Crippen LogP contribution in [0.2, 0.25) is 0 Å². The molecule has 8 heteroatoms. The van der Waals surface area contributed by atoms with Crippen molar-refractivity contribution in [2.24, 2.45) is 5.92 Å². The summed E-state index contributed by atoms with van der Waals surface area (Å²) in [6, 6.07) is 12.6. The summed E-state index contributed by atoms with van der Waals surface area (Å²) in [7, 11) is -0.509. The summed E-state index contributed by atoms with van der Waals surface area (Å²) in [4.78, 5) is 27.1. The number of hydrogen-bond donors (Lipinski definition) is 1. The third kappa shape index (κ3) is 4.36.